The van der Waals surface area contributed by atoms with Gasteiger partial charge in [-0.15, -0.1) is 6.58 Å². The van der Waals surface area contributed by atoms with Gasteiger partial charge in [-0.2, -0.15) is 0 Å². The van der Waals surface area contributed by atoms with E-state index in [9.17, 15) is 9.90 Å². The van der Waals surface area contributed by atoms with Crippen LogP contribution >= 0.6 is 0 Å². The van der Waals surface area contributed by atoms with Gasteiger partial charge in [-0.25, -0.2) is 4.79 Å². The van der Waals surface area contributed by atoms with E-state index >= 15 is 0 Å². The SMILES string of the molecule is C=CCc1[nH]c(=O)n(C)c1O. The molecule has 0 atom stereocenters. The first-order valence-corrected chi connectivity index (χ1v) is 3.24. The fraction of sp³-hybridized carbons (Fsp3) is 0.286. The van der Waals surface area contributed by atoms with Crippen LogP contribution in [-0.4, -0.2) is 14.7 Å². The molecule has 0 saturated heterocycles. The zero-order valence-corrected chi connectivity index (χ0v) is 6.29. The van der Waals surface area contributed by atoms with Crippen molar-refractivity contribution in [1.82, 2.24) is 9.55 Å². The maximum atomic E-state index is 10.8. The van der Waals surface area contributed by atoms with Crippen LogP contribution in [0.1, 0.15) is 5.69 Å². The number of H-pyrrole nitrogens is 1. The molecule has 1 rings (SSSR count). The Morgan fingerprint density at radius 1 is 1.82 bits per heavy atom. The number of hydrogen-bond donors (Lipinski definition) is 2. The largest absolute Gasteiger partial charge is 0.493 e. The number of aromatic nitrogens is 2. The van der Waals surface area contributed by atoms with Gasteiger partial charge in [0.05, 0.1) is 5.69 Å². The maximum Gasteiger partial charge on any atom is 0.328 e. The first kappa shape index (κ1) is 7.65. The Morgan fingerprint density at radius 3 is 2.82 bits per heavy atom. The van der Waals surface area contributed by atoms with Gasteiger partial charge >= 0.3 is 5.69 Å². The molecule has 0 aliphatic rings. The Kier molecular flexibility index (Phi) is 1.85. The lowest BCUT2D eigenvalue weighted by molar-refractivity contribution is 0.424. The molecule has 0 bridgehead atoms. The third-order valence-corrected chi connectivity index (χ3v) is 1.50. The summed E-state index contributed by atoms with van der Waals surface area (Å²) in [5.41, 5.74) is 0.201. The smallest absolute Gasteiger partial charge is 0.328 e. The zero-order chi connectivity index (χ0) is 8.43. The van der Waals surface area contributed by atoms with E-state index < -0.39 is 0 Å². The van der Waals surface area contributed by atoms with Crippen LogP contribution in [0.3, 0.4) is 0 Å². The zero-order valence-electron chi connectivity index (χ0n) is 6.29. The summed E-state index contributed by atoms with van der Waals surface area (Å²) >= 11 is 0. The van der Waals surface area contributed by atoms with E-state index in [-0.39, 0.29) is 11.6 Å². The van der Waals surface area contributed by atoms with Crippen LogP contribution in [0.15, 0.2) is 17.4 Å². The lowest BCUT2D eigenvalue weighted by atomic mass is 10.3. The maximum absolute atomic E-state index is 10.8. The molecule has 0 aromatic carbocycles. The molecule has 1 aromatic heterocycles. The van der Waals surface area contributed by atoms with Crippen LogP contribution in [0.25, 0.3) is 0 Å². The molecule has 0 saturated carbocycles. The Labute approximate surface area is 63.8 Å². The van der Waals surface area contributed by atoms with Crippen molar-refractivity contribution >= 4 is 0 Å². The quantitative estimate of drug-likeness (QED) is 0.595. The van der Waals surface area contributed by atoms with Gasteiger partial charge in [-0.1, -0.05) is 6.08 Å². The van der Waals surface area contributed by atoms with Crippen molar-refractivity contribution in [3.05, 3.63) is 28.8 Å². The van der Waals surface area contributed by atoms with E-state index in [0.717, 1.165) is 4.57 Å². The van der Waals surface area contributed by atoms with E-state index in [1.54, 1.807) is 6.08 Å². The minimum absolute atomic E-state index is 0.0186. The van der Waals surface area contributed by atoms with Gasteiger partial charge < -0.3 is 10.1 Å². The highest BCUT2D eigenvalue weighted by molar-refractivity contribution is 5.19. The van der Waals surface area contributed by atoms with Gasteiger partial charge in [-0.05, 0) is 0 Å². The van der Waals surface area contributed by atoms with Crippen LogP contribution in [0.5, 0.6) is 5.88 Å². The predicted molar refractivity (Wildman–Crippen MR) is 41.6 cm³/mol. The first-order valence-electron chi connectivity index (χ1n) is 3.24. The molecule has 0 unspecified atom stereocenters. The standard InChI is InChI=1S/C7H10N2O2/c1-3-4-5-6(10)9(2)7(11)8-5/h3,10H,1,4H2,2H3,(H,8,11). The van der Waals surface area contributed by atoms with Gasteiger partial charge in [0.15, 0.2) is 0 Å². The number of nitrogens with zero attached hydrogens (tertiary/aromatic N) is 1. The summed E-state index contributed by atoms with van der Waals surface area (Å²) in [5, 5.41) is 9.23. The van der Waals surface area contributed by atoms with Crippen molar-refractivity contribution in [1.29, 1.82) is 0 Å². The van der Waals surface area contributed by atoms with Gasteiger partial charge in [0, 0.05) is 13.5 Å². The van der Waals surface area contributed by atoms with Crippen molar-refractivity contribution in [2.75, 3.05) is 0 Å². The monoisotopic (exact) mass is 154 g/mol. The van der Waals surface area contributed by atoms with Crippen LogP contribution < -0.4 is 5.69 Å². The lowest BCUT2D eigenvalue weighted by Crippen LogP contribution is -2.11. The molecule has 11 heavy (non-hydrogen) atoms. The highest BCUT2D eigenvalue weighted by Gasteiger charge is 2.06. The number of imidazole rings is 1. The fourth-order valence-corrected chi connectivity index (χ4v) is 0.854. The Balaban J connectivity index is 3.18. The summed E-state index contributed by atoms with van der Waals surface area (Å²) in [6.07, 6.45) is 2.09. The predicted octanol–water partition coefficient (Wildman–Crippen LogP) is 0.147. The molecule has 0 radical (unpaired) electrons. The lowest BCUT2D eigenvalue weighted by Gasteiger charge is -1.92. The van der Waals surface area contributed by atoms with Crippen LogP contribution in [-0.2, 0) is 13.5 Å². The molecule has 2 N–H and O–H groups in total. The molecule has 4 nitrogen and oxygen atoms in total. The summed E-state index contributed by atoms with van der Waals surface area (Å²) in [5.74, 6) is -0.0186. The number of hydrogen-bond acceptors (Lipinski definition) is 2. The van der Waals surface area contributed by atoms with Crippen molar-refractivity contribution < 1.29 is 5.11 Å². The van der Waals surface area contributed by atoms with Crippen molar-refractivity contribution in [2.24, 2.45) is 7.05 Å². The second kappa shape index (κ2) is 2.65. The molecule has 0 fully saturated rings. The normalized spacial score (nSPS) is 9.91. The molecular formula is C7H10N2O2. The average Bonchev–Trinajstić information content (AvgIpc) is 2.19. The second-order valence-corrected chi connectivity index (χ2v) is 2.28. The molecule has 1 heterocycles. The number of allylic oxidation sites excluding steroid dienone is 1. The summed E-state index contributed by atoms with van der Waals surface area (Å²) in [4.78, 5) is 13.3. The van der Waals surface area contributed by atoms with Gasteiger partial charge in [0.1, 0.15) is 0 Å². The fourth-order valence-electron chi connectivity index (χ4n) is 0.854. The van der Waals surface area contributed by atoms with E-state index in [1.807, 2.05) is 0 Å². The third-order valence-electron chi connectivity index (χ3n) is 1.50. The van der Waals surface area contributed by atoms with Gasteiger partial charge in [-0.3, -0.25) is 4.57 Å². The highest BCUT2D eigenvalue weighted by atomic mass is 16.3. The van der Waals surface area contributed by atoms with E-state index in [0.29, 0.717) is 12.1 Å². The summed E-state index contributed by atoms with van der Waals surface area (Å²) < 4.78 is 1.15. The second-order valence-electron chi connectivity index (χ2n) is 2.28. The topological polar surface area (TPSA) is 58.0 Å². The van der Waals surface area contributed by atoms with E-state index in [1.165, 1.54) is 7.05 Å². The Hall–Kier alpha value is -1.45. The third kappa shape index (κ3) is 1.19. The van der Waals surface area contributed by atoms with Crippen LogP contribution in [0, 0.1) is 0 Å². The average molecular weight is 154 g/mol. The summed E-state index contributed by atoms with van der Waals surface area (Å²) in [7, 11) is 1.50. The Bertz CT molecular complexity index is 322. The molecule has 4 heteroatoms. The highest BCUT2D eigenvalue weighted by Crippen LogP contribution is 2.10. The number of aromatic hydroxyl groups is 1. The molecule has 60 valence electrons. The summed E-state index contributed by atoms with van der Waals surface area (Å²) in [6.45, 7) is 3.49. The van der Waals surface area contributed by atoms with Gasteiger partial charge in [0.2, 0.25) is 5.88 Å². The Morgan fingerprint density at radius 2 is 2.45 bits per heavy atom. The molecule has 1 aromatic rings. The molecule has 0 aliphatic carbocycles. The summed E-state index contributed by atoms with van der Waals surface area (Å²) in [6, 6.07) is 0. The van der Waals surface area contributed by atoms with E-state index in [4.69, 9.17) is 0 Å². The van der Waals surface area contributed by atoms with Crippen LogP contribution in [0.4, 0.5) is 0 Å². The van der Waals surface area contributed by atoms with Crippen LogP contribution in [0.2, 0.25) is 0 Å². The number of nitrogens with one attached hydrogen (secondary N) is 1. The molecule has 0 amide bonds. The molecule has 0 aliphatic heterocycles. The minimum Gasteiger partial charge on any atom is -0.493 e. The molecular weight excluding hydrogens is 144 g/mol. The van der Waals surface area contributed by atoms with Crippen molar-refractivity contribution in [3.8, 4) is 5.88 Å². The van der Waals surface area contributed by atoms with Crippen molar-refractivity contribution in [2.45, 2.75) is 6.42 Å². The van der Waals surface area contributed by atoms with E-state index in [2.05, 4.69) is 11.6 Å². The minimum atomic E-state index is -0.306. The molecule has 0 spiro atoms. The number of rotatable bonds is 2. The first-order chi connectivity index (χ1) is 5.16. The number of aromatic amines is 1. The van der Waals surface area contributed by atoms with Crippen molar-refractivity contribution in [3.63, 3.8) is 0 Å². The van der Waals surface area contributed by atoms with Gasteiger partial charge in [0.25, 0.3) is 0 Å².